The zero-order chi connectivity index (χ0) is 30.0. The number of likely N-dealkylation sites (tertiary alicyclic amines) is 1. The molecule has 7 nitrogen and oxygen atoms in total. The molecule has 3 unspecified atom stereocenters. The topological polar surface area (TPSA) is 81.3 Å². The number of hydrogen-bond acceptors (Lipinski definition) is 5. The van der Waals surface area contributed by atoms with Crippen LogP contribution in [0.15, 0.2) is 49.7 Å². The number of aromatic amines is 1. The molecule has 43 heavy (non-hydrogen) atoms. The molecule has 1 saturated carbocycles. The number of piperidine rings is 1. The van der Waals surface area contributed by atoms with Crippen LogP contribution in [0.3, 0.4) is 0 Å². The molecule has 1 aromatic carbocycles. The highest BCUT2D eigenvalue weighted by molar-refractivity contribution is 5.83. The van der Waals surface area contributed by atoms with Gasteiger partial charge in [0.25, 0.3) is 0 Å². The number of unbranched alkanes of at least 4 members (excludes halogenated alkanes) is 2. The summed E-state index contributed by atoms with van der Waals surface area (Å²) in [5, 5.41) is 3.43. The summed E-state index contributed by atoms with van der Waals surface area (Å²) >= 11 is 0. The molecule has 2 bridgehead atoms. The van der Waals surface area contributed by atoms with E-state index in [0.29, 0.717) is 30.7 Å². The number of amides is 1. The fourth-order valence-corrected chi connectivity index (χ4v) is 8.25. The van der Waals surface area contributed by atoms with E-state index in [-0.39, 0.29) is 23.3 Å². The predicted octanol–water partition coefficient (Wildman–Crippen LogP) is 6.83. The number of ketones is 1. The van der Waals surface area contributed by atoms with Crippen LogP contribution in [-0.2, 0) is 9.59 Å². The Kier molecular flexibility index (Phi) is 9.01. The lowest BCUT2D eigenvalue weighted by Crippen LogP contribution is -2.38. The van der Waals surface area contributed by atoms with E-state index in [2.05, 4.69) is 51.5 Å². The van der Waals surface area contributed by atoms with Crippen LogP contribution < -0.4 is 5.32 Å². The lowest BCUT2D eigenvalue weighted by molar-refractivity contribution is -0.124. The largest absolute Gasteiger partial charge is 0.346 e. The third-order valence-electron chi connectivity index (χ3n) is 10.8. The summed E-state index contributed by atoms with van der Waals surface area (Å²) in [4.78, 5) is 39.0. The number of nitrogens with one attached hydrogen (secondary N) is 2. The Balaban J connectivity index is 1.16. The van der Waals surface area contributed by atoms with Crippen molar-refractivity contribution >= 4 is 11.7 Å². The summed E-state index contributed by atoms with van der Waals surface area (Å²) in [6.07, 6.45) is 16.4. The Morgan fingerprint density at radius 3 is 2.67 bits per heavy atom. The van der Waals surface area contributed by atoms with Gasteiger partial charge in [-0.2, -0.15) is 0 Å². The van der Waals surface area contributed by atoms with E-state index < -0.39 is 0 Å². The van der Waals surface area contributed by atoms with Crippen molar-refractivity contribution in [3.8, 4) is 11.3 Å². The molecule has 4 aliphatic rings. The van der Waals surface area contributed by atoms with Gasteiger partial charge in [0.15, 0.2) is 0 Å². The molecule has 6 rings (SSSR count). The van der Waals surface area contributed by atoms with Crippen molar-refractivity contribution in [3.63, 3.8) is 0 Å². The predicted molar refractivity (Wildman–Crippen MR) is 171 cm³/mol. The second-order valence-corrected chi connectivity index (χ2v) is 13.3. The Bertz CT molecular complexity index is 1340. The molecule has 2 saturated heterocycles. The number of imidazole rings is 1. The standard InChI is InChI=1S/C36H49N5O2/c1-4-19-40-21-17-36(18-22-40)23-28(36)35(43)39-29(14-9-7-8-11-25(42)6-3)34-37-24-30(38-34)26-12-10-13-27-31-15-16-32(33(26)27)41(31)20-5-2/h4-5,10,12-13,24,28-29,31-32H,1-2,6-9,11,14-23H2,3H3,(H,37,38)(H,39,43)/t28?,29-,31?,32?/m0/s1. The molecule has 4 heterocycles. The molecule has 1 amide bonds. The van der Waals surface area contributed by atoms with Crippen LogP contribution in [0, 0.1) is 11.3 Å². The molecule has 4 atom stereocenters. The number of nitrogens with zero attached hydrogens (tertiary/aromatic N) is 3. The van der Waals surface area contributed by atoms with Gasteiger partial charge in [-0.05, 0) is 74.6 Å². The maximum absolute atomic E-state index is 13.7. The second-order valence-electron chi connectivity index (χ2n) is 13.3. The van der Waals surface area contributed by atoms with Gasteiger partial charge in [-0.1, -0.05) is 50.1 Å². The highest BCUT2D eigenvalue weighted by atomic mass is 16.2. The van der Waals surface area contributed by atoms with E-state index in [4.69, 9.17) is 4.98 Å². The van der Waals surface area contributed by atoms with Gasteiger partial charge in [0.1, 0.15) is 11.6 Å². The van der Waals surface area contributed by atoms with E-state index in [1.807, 2.05) is 25.3 Å². The zero-order valence-electron chi connectivity index (χ0n) is 26.0. The number of aromatic nitrogens is 2. The van der Waals surface area contributed by atoms with Crippen LogP contribution in [0.1, 0.15) is 113 Å². The summed E-state index contributed by atoms with van der Waals surface area (Å²) in [6.45, 7) is 13.7. The summed E-state index contributed by atoms with van der Waals surface area (Å²) in [5.74, 6) is 1.45. The van der Waals surface area contributed by atoms with Crippen molar-refractivity contribution in [3.05, 3.63) is 66.7 Å². The average Bonchev–Trinajstić information content (AvgIpc) is 3.32. The molecular formula is C36H49N5O2. The molecule has 0 radical (unpaired) electrons. The van der Waals surface area contributed by atoms with Gasteiger partial charge in [-0.25, -0.2) is 4.98 Å². The van der Waals surface area contributed by atoms with E-state index in [9.17, 15) is 9.59 Å². The van der Waals surface area contributed by atoms with Gasteiger partial charge in [0, 0.05) is 49.5 Å². The van der Waals surface area contributed by atoms with E-state index in [1.54, 1.807) is 0 Å². The lowest BCUT2D eigenvalue weighted by Gasteiger charge is -2.32. The Hall–Kier alpha value is -3.03. The van der Waals surface area contributed by atoms with E-state index >= 15 is 0 Å². The monoisotopic (exact) mass is 583 g/mol. The minimum absolute atomic E-state index is 0.0984. The molecule has 7 heteroatoms. The molecule has 230 valence electrons. The van der Waals surface area contributed by atoms with Crippen LogP contribution in [0.2, 0.25) is 0 Å². The van der Waals surface area contributed by atoms with Gasteiger partial charge in [-0.15, -0.1) is 13.2 Å². The first-order valence-corrected chi connectivity index (χ1v) is 16.7. The number of carbonyl (C=O) groups excluding carboxylic acids is 2. The second kappa shape index (κ2) is 12.9. The number of Topliss-reactive ketones (excluding diaryl/α,β-unsaturated/α-hetero) is 1. The van der Waals surface area contributed by atoms with Crippen molar-refractivity contribution in [2.45, 2.75) is 95.7 Å². The summed E-state index contributed by atoms with van der Waals surface area (Å²) in [5.41, 5.74) is 5.30. The molecule has 3 aliphatic heterocycles. The number of fused-ring (bicyclic) bond motifs is 5. The Morgan fingerprint density at radius 1 is 1.12 bits per heavy atom. The lowest BCUT2D eigenvalue weighted by atomic mass is 9.87. The van der Waals surface area contributed by atoms with Crippen molar-refractivity contribution in [1.82, 2.24) is 25.1 Å². The third-order valence-corrected chi connectivity index (χ3v) is 10.8. The van der Waals surface area contributed by atoms with Crippen LogP contribution in [0.25, 0.3) is 11.3 Å². The molecule has 1 aliphatic carbocycles. The molecule has 1 aromatic heterocycles. The quantitative estimate of drug-likeness (QED) is 0.177. The fraction of sp³-hybridized carbons (Fsp3) is 0.583. The minimum Gasteiger partial charge on any atom is -0.346 e. The van der Waals surface area contributed by atoms with Gasteiger partial charge in [0.2, 0.25) is 5.91 Å². The normalized spacial score (nSPS) is 24.5. The van der Waals surface area contributed by atoms with Crippen LogP contribution in [0.4, 0.5) is 0 Å². The Morgan fingerprint density at radius 2 is 1.91 bits per heavy atom. The molecular weight excluding hydrogens is 534 g/mol. The van der Waals surface area contributed by atoms with Crippen molar-refractivity contribution in [2.24, 2.45) is 11.3 Å². The molecule has 1 spiro atoms. The first kappa shape index (κ1) is 30.0. The summed E-state index contributed by atoms with van der Waals surface area (Å²) in [7, 11) is 0. The van der Waals surface area contributed by atoms with Crippen LogP contribution in [0.5, 0.6) is 0 Å². The van der Waals surface area contributed by atoms with Crippen LogP contribution in [-0.4, -0.2) is 57.6 Å². The van der Waals surface area contributed by atoms with E-state index in [1.165, 1.54) is 29.5 Å². The third kappa shape index (κ3) is 6.03. The van der Waals surface area contributed by atoms with Gasteiger partial charge < -0.3 is 10.3 Å². The van der Waals surface area contributed by atoms with Crippen LogP contribution >= 0.6 is 0 Å². The Labute approximate surface area is 257 Å². The SMILES string of the molecule is C=CCN1CCC2(CC1)CC2C(=O)N[C@@H](CCCCCC(=O)CC)c1ncc(-c2cccc3c2C2CCC3N2CC=C)[nH]1. The molecule has 2 N–H and O–H groups in total. The smallest absolute Gasteiger partial charge is 0.224 e. The number of H-pyrrole nitrogens is 1. The number of carbonyl (C=O) groups is 2. The van der Waals surface area contributed by atoms with Crippen molar-refractivity contribution in [1.29, 1.82) is 0 Å². The van der Waals surface area contributed by atoms with Gasteiger partial charge in [0.05, 0.1) is 17.9 Å². The van der Waals surface area contributed by atoms with Crippen molar-refractivity contribution in [2.75, 3.05) is 26.2 Å². The summed E-state index contributed by atoms with van der Waals surface area (Å²) < 4.78 is 0. The van der Waals surface area contributed by atoms with Gasteiger partial charge >= 0.3 is 0 Å². The van der Waals surface area contributed by atoms with E-state index in [0.717, 1.165) is 82.6 Å². The number of benzene rings is 1. The highest BCUT2D eigenvalue weighted by Gasteiger charge is 2.58. The maximum Gasteiger partial charge on any atom is 0.224 e. The average molecular weight is 584 g/mol. The fourth-order valence-electron chi connectivity index (χ4n) is 8.25. The molecule has 3 fully saturated rings. The first-order chi connectivity index (χ1) is 21.0. The number of hydrogen-bond donors (Lipinski definition) is 2. The number of rotatable bonds is 15. The first-order valence-electron chi connectivity index (χ1n) is 16.7. The molecule has 2 aromatic rings. The van der Waals surface area contributed by atoms with Gasteiger partial charge in [-0.3, -0.25) is 19.4 Å². The summed E-state index contributed by atoms with van der Waals surface area (Å²) in [6, 6.07) is 7.41. The zero-order valence-corrected chi connectivity index (χ0v) is 26.0. The minimum atomic E-state index is -0.160. The maximum atomic E-state index is 13.7. The van der Waals surface area contributed by atoms with Crippen molar-refractivity contribution < 1.29 is 9.59 Å². The highest BCUT2D eigenvalue weighted by Crippen LogP contribution is 2.59.